The van der Waals surface area contributed by atoms with Gasteiger partial charge < -0.3 is 8.85 Å². The summed E-state index contributed by atoms with van der Waals surface area (Å²) >= 11 is 0. The minimum absolute atomic E-state index is 0.111. The molecular weight excluding hydrogens is 276 g/mol. The Hall–Kier alpha value is -1.68. The van der Waals surface area contributed by atoms with Crippen LogP contribution < -0.4 is 10.4 Å². The fourth-order valence-corrected chi connectivity index (χ4v) is 5.94. The lowest BCUT2D eigenvalue weighted by atomic mass is 10.2. The van der Waals surface area contributed by atoms with E-state index in [1.807, 2.05) is 12.1 Å². The molecule has 0 aromatic heterocycles. The van der Waals surface area contributed by atoms with Gasteiger partial charge in [0.1, 0.15) is 0 Å². The van der Waals surface area contributed by atoms with E-state index in [0.717, 1.165) is 6.42 Å². The molecule has 0 saturated heterocycles. The van der Waals surface area contributed by atoms with Crippen LogP contribution in [0.1, 0.15) is 13.3 Å². The zero-order valence-electron chi connectivity index (χ0n) is 12.2. The average Bonchev–Trinajstić information content (AvgIpc) is 2.80. The maximum Gasteiger partial charge on any atom is 0.407 e. The molecule has 3 heteroatoms. The molecule has 0 saturated carbocycles. The van der Waals surface area contributed by atoms with Crippen molar-refractivity contribution in [3.63, 3.8) is 0 Å². The lowest BCUT2D eigenvalue weighted by Gasteiger charge is -2.32. The van der Waals surface area contributed by atoms with Crippen LogP contribution in [0.25, 0.3) is 0 Å². The van der Waals surface area contributed by atoms with Gasteiger partial charge in [0.25, 0.3) is 0 Å². The Morgan fingerprint density at radius 2 is 1.52 bits per heavy atom. The first-order valence-corrected chi connectivity index (χ1v) is 9.26. The third-order valence-corrected chi connectivity index (χ3v) is 7.16. The normalized spacial score (nSPS) is 20.9. The topological polar surface area (TPSA) is 18.5 Å². The Kier molecular flexibility index (Phi) is 4.34. The largest absolute Gasteiger partial charge is 0.407 e. The summed E-state index contributed by atoms with van der Waals surface area (Å²) in [6.07, 6.45) is 5.27. The smallest absolute Gasteiger partial charge is 0.384 e. The van der Waals surface area contributed by atoms with Crippen molar-refractivity contribution in [1.82, 2.24) is 0 Å². The van der Waals surface area contributed by atoms with E-state index in [9.17, 15) is 0 Å². The van der Waals surface area contributed by atoms with Crippen LogP contribution in [0.5, 0.6) is 0 Å². The highest BCUT2D eigenvalue weighted by Crippen LogP contribution is 2.17. The molecule has 0 aliphatic carbocycles. The molecule has 2 aromatic carbocycles. The summed E-state index contributed by atoms with van der Waals surface area (Å²) in [4.78, 5) is 0. The Morgan fingerprint density at radius 1 is 0.952 bits per heavy atom. The third-order valence-electron chi connectivity index (χ3n) is 3.76. The second kappa shape index (κ2) is 6.39. The summed E-state index contributed by atoms with van der Waals surface area (Å²) in [7, 11) is -2.63. The molecular formula is C18H20O2Si. The van der Waals surface area contributed by atoms with Crippen molar-refractivity contribution >= 4 is 18.9 Å². The van der Waals surface area contributed by atoms with E-state index in [1.54, 1.807) is 0 Å². The Labute approximate surface area is 127 Å². The first-order valence-electron chi connectivity index (χ1n) is 7.44. The number of rotatable bonds is 3. The standard InChI is InChI=1S/C18H20O2Si/c1-2-16-10-9-15-19-21(20-16,17-11-5-3-6-12-17)18-13-7-4-8-14-18/h3-14,16H,2,15H2,1H3. The van der Waals surface area contributed by atoms with Gasteiger partial charge in [-0.1, -0.05) is 79.7 Å². The highest BCUT2D eigenvalue weighted by atomic mass is 28.4. The fourth-order valence-electron chi connectivity index (χ4n) is 2.66. The van der Waals surface area contributed by atoms with Crippen LogP contribution in [0, 0.1) is 0 Å². The molecule has 2 aromatic rings. The second-order valence-corrected chi connectivity index (χ2v) is 8.06. The number of hydrogen-bond donors (Lipinski definition) is 0. The molecule has 0 spiro atoms. The molecule has 0 N–H and O–H groups in total. The lowest BCUT2D eigenvalue weighted by Crippen LogP contribution is -2.64. The van der Waals surface area contributed by atoms with Gasteiger partial charge in [0.15, 0.2) is 0 Å². The van der Waals surface area contributed by atoms with Gasteiger partial charge >= 0.3 is 8.56 Å². The molecule has 3 rings (SSSR count). The van der Waals surface area contributed by atoms with Crippen molar-refractivity contribution in [2.24, 2.45) is 0 Å². The van der Waals surface area contributed by atoms with Crippen molar-refractivity contribution < 1.29 is 8.85 Å². The summed E-state index contributed by atoms with van der Waals surface area (Å²) in [6.45, 7) is 2.75. The first kappa shape index (κ1) is 14.3. The van der Waals surface area contributed by atoms with Gasteiger partial charge in [-0.2, -0.15) is 0 Å². The van der Waals surface area contributed by atoms with Gasteiger partial charge in [-0.3, -0.25) is 0 Å². The van der Waals surface area contributed by atoms with Crippen LogP contribution in [0.3, 0.4) is 0 Å². The van der Waals surface area contributed by atoms with Crippen molar-refractivity contribution in [2.45, 2.75) is 19.4 Å². The zero-order valence-corrected chi connectivity index (χ0v) is 13.2. The Morgan fingerprint density at radius 3 is 2.05 bits per heavy atom. The van der Waals surface area contributed by atoms with Gasteiger partial charge in [-0.25, -0.2) is 0 Å². The highest BCUT2D eigenvalue weighted by molar-refractivity contribution is 6.92. The molecule has 0 bridgehead atoms. The maximum absolute atomic E-state index is 6.55. The quantitative estimate of drug-likeness (QED) is 0.640. The monoisotopic (exact) mass is 296 g/mol. The van der Waals surface area contributed by atoms with Gasteiger partial charge in [-0.15, -0.1) is 0 Å². The second-order valence-electron chi connectivity index (χ2n) is 5.15. The minimum Gasteiger partial charge on any atom is -0.384 e. The lowest BCUT2D eigenvalue weighted by molar-refractivity contribution is 0.176. The molecule has 0 fully saturated rings. The van der Waals surface area contributed by atoms with Gasteiger partial charge in [0, 0.05) is 0 Å². The predicted molar refractivity (Wildman–Crippen MR) is 88.2 cm³/mol. The van der Waals surface area contributed by atoms with E-state index in [4.69, 9.17) is 8.85 Å². The molecule has 1 heterocycles. The maximum atomic E-state index is 6.55. The molecule has 1 aliphatic rings. The zero-order chi connectivity index (χ0) is 14.5. The van der Waals surface area contributed by atoms with Gasteiger partial charge in [-0.05, 0) is 16.8 Å². The molecule has 0 amide bonds. The van der Waals surface area contributed by atoms with Crippen LogP contribution in [-0.4, -0.2) is 21.3 Å². The van der Waals surface area contributed by atoms with Crippen LogP contribution >= 0.6 is 0 Å². The minimum atomic E-state index is -2.63. The van der Waals surface area contributed by atoms with Crippen molar-refractivity contribution in [3.05, 3.63) is 72.8 Å². The number of benzene rings is 2. The van der Waals surface area contributed by atoms with Gasteiger partial charge in [0.05, 0.1) is 12.7 Å². The highest BCUT2D eigenvalue weighted by Gasteiger charge is 2.44. The molecule has 2 nitrogen and oxygen atoms in total. The fraction of sp³-hybridized carbons (Fsp3) is 0.222. The Bertz CT molecular complexity index is 556. The van der Waals surface area contributed by atoms with Gasteiger partial charge in [0.2, 0.25) is 0 Å². The van der Waals surface area contributed by atoms with E-state index in [1.165, 1.54) is 10.4 Å². The summed E-state index contributed by atoms with van der Waals surface area (Å²) in [5.41, 5.74) is 0. The van der Waals surface area contributed by atoms with E-state index < -0.39 is 8.56 Å². The predicted octanol–water partition coefficient (Wildman–Crippen LogP) is 2.62. The third kappa shape index (κ3) is 2.86. The Balaban J connectivity index is 2.11. The molecule has 1 atom stereocenters. The summed E-state index contributed by atoms with van der Waals surface area (Å²) in [5.74, 6) is 0. The summed E-state index contributed by atoms with van der Waals surface area (Å²) in [5, 5.41) is 2.33. The van der Waals surface area contributed by atoms with Crippen molar-refractivity contribution in [3.8, 4) is 0 Å². The van der Waals surface area contributed by atoms with E-state index in [-0.39, 0.29) is 6.10 Å². The van der Waals surface area contributed by atoms with E-state index >= 15 is 0 Å². The molecule has 1 unspecified atom stereocenters. The van der Waals surface area contributed by atoms with Crippen LogP contribution in [0.2, 0.25) is 0 Å². The number of hydrogen-bond acceptors (Lipinski definition) is 2. The SMILES string of the molecule is CCC1C=CCO[Si](c2ccccc2)(c2ccccc2)O1. The molecule has 108 valence electrons. The first-order chi connectivity index (χ1) is 10.3. The van der Waals surface area contributed by atoms with Crippen LogP contribution in [0.4, 0.5) is 0 Å². The molecule has 21 heavy (non-hydrogen) atoms. The van der Waals surface area contributed by atoms with Crippen LogP contribution in [-0.2, 0) is 8.85 Å². The van der Waals surface area contributed by atoms with Crippen molar-refractivity contribution in [2.75, 3.05) is 6.61 Å². The molecule has 0 radical (unpaired) electrons. The van der Waals surface area contributed by atoms with E-state index in [2.05, 4.69) is 67.6 Å². The van der Waals surface area contributed by atoms with Crippen molar-refractivity contribution in [1.29, 1.82) is 0 Å². The summed E-state index contributed by atoms with van der Waals surface area (Å²) in [6, 6.07) is 20.8. The average molecular weight is 296 g/mol. The molecule has 1 aliphatic heterocycles. The summed E-state index contributed by atoms with van der Waals surface area (Å²) < 4.78 is 12.9. The van der Waals surface area contributed by atoms with E-state index in [0.29, 0.717) is 6.61 Å². The van der Waals surface area contributed by atoms with Crippen LogP contribution in [0.15, 0.2) is 72.8 Å².